The number of carbonyl (C=O) groups is 2. The Labute approximate surface area is 219 Å². The van der Waals surface area contributed by atoms with Crippen LogP contribution in [0, 0.1) is 5.82 Å². The molecule has 0 atom stereocenters. The van der Waals surface area contributed by atoms with Crippen LogP contribution in [-0.2, 0) is 11.3 Å². The summed E-state index contributed by atoms with van der Waals surface area (Å²) < 4.78 is 29.0. The van der Waals surface area contributed by atoms with Crippen LogP contribution in [0.5, 0.6) is 0 Å². The van der Waals surface area contributed by atoms with Gasteiger partial charge in [-0.15, -0.1) is 0 Å². The molecule has 2 aromatic heterocycles. The summed E-state index contributed by atoms with van der Waals surface area (Å²) >= 11 is 0. The number of carbonyl (C=O) groups excluding carboxylic acids is 2. The second-order valence-electron chi connectivity index (χ2n) is 9.38. The molecule has 1 fully saturated rings. The molecule has 6 nitrogen and oxygen atoms in total. The summed E-state index contributed by atoms with van der Waals surface area (Å²) in [5, 5.41) is 2.47. The molecule has 3 heterocycles. The smallest absolute Gasteiger partial charge is 0.257 e. The maximum Gasteiger partial charge on any atom is 0.257 e. The molecule has 1 saturated heterocycles. The van der Waals surface area contributed by atoms with Crippen LogP contribution >= 0.6 is 0 Å². The lowest BCUT2D eigenvalue weighted by atomic mass is 9.88. The van der Waals surface area contributed by atoms with E-state index in [1.165, 1.54) is 6.07 Å². The highest BCUT2D eigenvalue weighted by Gasteiger charge is 2.28. The van der Waals surface area contributed by atoms with Crippen LogP contribution in [0.3, 0.4) is 0 Å². The first-order valence-corrected chi connectivity index (χ1v) is 12.6. The van der Waals surface area contributed by atoms with E-state index in [1.54, 1.807) is 23.2 Å². The number of aromatic nitrogens is 2. The van der Waals surface area contributed by atoms with E-state index in [-0.39, 0.29) is 24.2 Å². The second kappa shape index (κ2) is 11.4. The molecule has 0 bridgehead atoms. The molecule has 5 rings (SSSR count). The lowest BCUT2D eigenvalue weighted by Crippen LogP contribution is -2.38. The third kappa shape index (κ3) is 5.49. The number of halogens is 2. The molecule has 4 aromatic rings. The Morgan fingerprint density at radius 1 is 1.05 bits per heavy atom. The van der Waals surface area contributed by atoms with Crippen molar-refractivity contribution in [1.82, 2.24) is 19.8 Å². The van der Waals surface area contributed by atoms with Gasteiger partial charge in [-0.25, -0.2) is 8.78 Å². The Morgan fingerprint density at radius 2 is 1.84 bits per heavy atom. The van der Waals surface area contributed by atoms with Gasteiger partial charge in [0.15, 0.2) is 6.67 Å². The van der Waals surface area contributed by atoms with E-state index in [1.807, 2.05) is 65.5 Å². The van der Waals surface area contributed by atoms with Gasteiger partial charge >= 0.3 is 0 Å². The van der Waals surface area contributed by atoms with Crippen LogP contribution in [0.25, 0.3) is 23.3 Å². The highest BCUT2D eigenvalue weighted by molar-refractivity contribution is 6.06. The van der Waals surface area contributed by atoms with Crippen molar-refractivity contribution in [3.8, 4) is 0 Å². The lowest BCUT2D eigenvalue weighted by Gasteiger charge is -2.32. The Balaban J connectivity index is 1.30. The topological polar surface area (TPSA) is 67.2 Å². The lowest BCUT2D eigenvalue weighted by molar-refractivity contribution is -0.122. The number of amides is 2. The SMILES string of the molecule is O=C(CF)NCc1ccc(F)c(C2CCN(C(=O)c3cn(C=Cc4ccccc4)c4cccnc34)CC2)c1. The van der Waals surface area contributed by atoms with Crippen molar-refractivity contribution >= 4 is 35.1 Å². The average molecular weight is 515 g/mol. The number of nitrogens with zero attached hydrogens (tertiary/aromatic N) is 3. The number of alkyl halides is 1. The summed E-state index contributed by atoms with van der Waals surface area (Å²) in [6.45, 7) is 0.0391. The van der Waals surface area contributed by atoms with Crippen molar-refractivity contribution in [1.29, 1.82) is 0 Å². The van der Waals surface area contributed by atoms with E-state index < -0.39 is 12.6 Å². The maximum absolute atomic E-state index is 14.7. The van der Waals surface area contributed by atoms with Crippen molar-refractivity contribution in [2.24, 2.45) is 0 Å². The fraction of sp³-hybridized carbons (Fsp3) is 0.233. The van der Waals surface area contributed by atoms with Gasteiger partial charge in [0.25, 0.3) is 11.8 Å². The minimum atomic E-state index is -1.09. The molecule has 0 spiro atoms. The van der Waals surface area contributed by atoms with E-state index in [9.17, 15) is 18.4 Å². The van der Waals surface area contributed by atoms with Gasteiger partial charge in [-0.2, -0.15) is 0 Å². The molecule has 0 saturated carbocycles. The summed E-state index contributed by atoms with van der Waals surface area (Å²) in [6, 6.07) is 18.4. The Kier molecular flexibility index (Phi) is 7.58. The van der Waals surface area contributed by atoms with Crippen LogP contribution < -0.4 is 5.32 Å². The number of hydrogen-bond acceptors (Lipinski definition) is 3. The van der Waals surface area contributed by atoms with Crippen molar-refractivity contribution in [2.45, 2.75) is 25.3 Å². The van der Waals surface area contributed by atoms with Crippen molar-refractivity contribution < 1.29 is 18.4 Å². The fourth-order valence-corrected chi connectivity index (χ4v) is 4.92. The zero-order valence-electron chi connectivity index (χ0n) is 20.8. The van der Waals surface area contributed by atoms with Crippen molar-refractivity contribution in [2.75, 3.05) is 19.8 Å². The van der Waals surface area contributed by atoms with Gasteiger partial charge in [-0.05, 0) is 59.7 Å². The summed E-state index contributed by atoms with van der Waals surface area (Å²) in [7, 11) is 0. The molecule has 2 aromatic carbocycles. The van der Waals surface area contributed by atoms with E-state index in [2.05, 4.69) is 10.3 Å². The number of benzene rings is 2. The second-order valence-corrected chi connectivity index (χ2v) is 9.38. The number of rotatable bonds is 7. The van der Waals surface area contributed by atoms with Gasteiger partial charge in [0.05, 0.1) is 11.1 Å². The van der Waals surface area contributed by atoms with E-state index >= 15 is 0 Å². The van der Waals surface area contributed by atoms with E-state index in [0.29, 0.717) is 48.1 Å². The average Bonchev–Trinajstić information content (AvgIpc) is 3.34. The van der Waals surface area contributed by atoms with Crippen LogP contribution in [-0.4, -0.2) is 46.0 Å². The molecule has 1 aliphatic heterocycles. The Bertz CT molecular complexity index is 1470. The zero-order chi connectivity index (χ0) is 26.5. The Hall–Kier alpha value is -4.33. The van der Waals surface area contributed by atoms with Crippen LogP contribution in [0.15, 0.2) is 73.1 Å². The number of nitrogens with one attached hydrogen (secondary N) is 1. The quantitative estimate of drug-likeness (QED) is 0.359. The summed E-state index contributed by atoms with van der Waals surface area (Å²) in [5.74, 6) is -1.16. The number of piperidine rings is 1. The first-order valence-electron chi connectivity index (χ1n) is 12.6. The molecule has 1 N–H and O–H groups in total. The predicted molar refractivity (Wildman–Crippen MR) is 143 cm³/mol. The molecular weight excluding hydrogens is 486 g/mol. The van der Waals surface area contributed by atoms with Gasteiger partial charge in [0.2, 0.25) is 0 Å². The van der Waals surface area contributed by atoms with Crippen LogP contribution in [0.2, 0.25) is 0 Å². The number of likely N-dealkylation sites (tertiary alicyclic amines) is 1. The Morgan fingerprint density at radius 3 is 2.61 bits per heavy atom. The number of pyridine rings is 1. The molecule has 194 valence electrons. The largest absolute Gasteiger partial charge is 0.350 e. The molecule has 0 aliphatic carbocycles. The van der Waals surface area contributed by atoms with Crippen molar-refractivity contribution in [3.63, 3.8) is 0 Å². The van der Waals surface area contributed by atoms with Crippen molar-refractivity contribution in [3.05, 3.63) is 101 Å². The minimum Gasteiger partial charge on any atom is -0.350 e. The standard InChI is InChI=1S/C30H28F2N4O2/c31-18-28(37)34-19-22-8-9-26(32)24(17-22)23-11-15-35(16-12-23)30(38)25-20-36(27-7-4-13-33-29(25)27)14-10-21-5-2-1-3-6-21/h1-10,13-14,17,20,23H,11-12,15-16,18-19H2,(H,34,37). The zero-order valence-corrected chi connectivity index (χ0v) is 20.8. The highest BCUT2D eigenvalue weighted by atomic mass is 19.1. The molecule has 38 heavy (non-hydrogen) atoms. The molecule has 1 aliphatic rings. The molecular formula is C30H28F2N4O2. The third-order valence-electron chi connectivity index (χ3n) is 6.94. The van der Waals surface area contributed by atoms with Gasteiger partial charge in [0.1, 0.15) is 11.3 Å². The van der Waals surface area contributed by atoms with Gasteiger partial charge in [-0.3, -0.25) is 14.6 Å². The fourth-order valence-electron chi connectivity index (χ4n) is 4.92. The predicted octanol–water partition coefficient (Wildman–Crippen LogP) is 5.41. The minimum absolute atomic E-state index is 0.0517. The van der Waals surface area contributed by atoms with Gasteiger partial charge in [0, 0.05) is 38.2 Å². The molecule has 0 radical (unpaired) electrons. The van der Waals surface area contributed by atoms with Crippen LogP contribution in [0.4, 0.5) is 8.78 Å². The summed E-state index contributed by atoms with van der Waals surface area (Å²) in [6.07, 6.45) is 8.64. The van der Waals surface area contributed by atoms with E-state index in [0.717, 1.165) is 11.1 Å². The summed E-state index contributed by atoms with van der Waals surface area (Å²) in [4.78, 5) is 31.1. The molecule has 2 amide bonds. The monoisotopic (exact) mass is 514 g/mol. The first-order chi connectivity index (χ1) is 18.5. The van der Waals surface area contributed by atoms with E-state index in [4.69, 9.17) is 0 Å². The first kappa shape index (κ1) is 25.3. The van der Waals surface area contributed by atoms with Gasteiger partial charge < -0.3 is 14.8 Å². The summed E-state index contributed by atoms with van der Waals surface area (Å²) in [5.41, 5.74) is 4.35. The maximum atomic E-state index is 14.7. The normalized spacial score (nSPS) is 14.3. The molecule has 8 heteroatoms. The van der Waals surface area contributed by atoms with Gasteiger partial charge in [-0.1, -0.05) is 42.5 Å². The highest BCUT2D eigenvalue weighted by Crippen LogP contribution is 2.32. The number of fused-ring (bicyclic) bond motifs is 1. The van der Waals surface area contributed by atoms with Crippen LogP contribution in [0.1, 0.15) is 45.8 Å². The third-order valence-corrected chi connectivity index (χ3v) is 6.94. The number of hydrogen-bond donors (Lipinski definition) is 1. The molecule has 0 unspecified atom stereocenters.